The van der Waals surface area contributed by atoms with E-state index in [1.54, 1.807) is 36.4 Å². The van der Waals surface area contributed by atoms with Crippen molar-refractivity contribution in [3.63, 3.8) is 0 Å². The first kappa shape index (κ1) is 21.3. The van der Waals surface area contributed by atoms with Gasteiger partial charge in [0.25, 0.3) is 11.8 Å². The number of para-hydroxylation sites is 1. The third-order valence-electron chi connectivity index (χ3n) is 4.71. The Hall–Kier alpha value is -3.91. The number of nitrogens with one attached hydrogen (secondary N) is 2. The summed E-state index contributed by atoms with van der Waals surface area (Å²) in [6.07, 6.45) is 0. The quantitative estimate of drug-likeness (QED) is 0.609. The zero-order valence-corrected chi connectivity index (χ0v) is 17.4. The minimum Gasteiger partial charge on any atom is -0.482 e. The third kappa shape index (κ3) is 4.55. The maximum atomic E-state index is 14.0. The van der Waals surface area contributed by atoms with Crippen LogP contribution >= 0.6 is 11.6 Å². The number of amides is 3. The van der Waals surface area contributed by atoms with E-state index in [1.807, 2.05) is 6.07 Å². The summed E-state index contributed by atoms with van der Waals surface area (Å²) < 4.78 is 19.5. The number of rotatable bonds is 5. The first-order valence-corrected chi connectivity index (χ1v) is 9.97. The first-order chi connectivity index (χ1) is 15.4. The van der Waals surface area contributed by atoms with Crippen molar-refractivity contribution in [3.8, 4) is 5.75 Å². The lowest BCUT2D eigenvalue weighted by Crippen LogP contribution is -2.43. The van der Waals surface area contributed by atoms with Gasteiger partial charge in [-0.2, -0.15) is 0 Å². The van der Waals surface area contributed by atoms with E-state index in [2.05, 4.69) is 10.6 Å². The molecule has 7 nitrogen and oxygen atoms in total. The number of anilines is 3. The Morgan fingerprint density at radius 2 is 1.78 bits per heavy atom. The summed E-state index contributed by atoms with van der Waals surface area (Å²) in [5, 5.41) is 5.25. The van der Waals surface area contributed by atoms with Crippen LogP contribution in [0.25, 0.3) is 0 Å². The highest BCUT2D eigenvalue weighted by atomic mass is 35.5. The number of carbonyl (C=O) groups is 3. The molecular weight excluding hydrogens is 437 g/mol. The standard InChI is InChI=1S/C23H17ClFN3O4/c24-16-7-4-8-17(25)22(16)23(31)27-15-9-10-19-18(11-15)28(21(30)13-32-19)12-20(29)26-14-5-2-1-3-6-14/h1-11H,12-13H2,(H,26,29)(H,27,31). The molecule has 4 rings (SSSR count). The molecule has 1 aliphatic rings. The van der Waals surface area contributed by atoms with Gasteiger partial charge in [-0.25, -0.2) is 4.39 Å². The van der Waals surface area contributed by atoms with Gasteiger partial charge in [-0.1, -0.05) is 35.9 Å². The fourth-order valence-corrected chi connectivity index (χ4v) is 3.48. The lowest BCUT2D eigenvalue weighted by atomic mass is 10.1. The smallest absolute Gasteiger partial charge is 0.265 e. The average molecular weight is 454 g/mol. The summed E-state index contributed by atoms with van der Waals surface area (Å²) in [5.74, 6) is -1.94. The molecular formula is C23H17ClFN3O4. The van der Waals surface area contributed by atoms with Gasteiger partial charge in [0.2, 0.25) is 5.91 Å². The van der Waals surface area contributed by atoms with Crippen LogP contribution < -0.4 is 20.3 Å². The van der Waals surface area contributed by atoms with Crippen molar-refractivity contribution in [2.24, 2.45) is 0 Å². The van der Waals surface area contributed by atoms with Gasteiger partial charge >= 0.3 is 0 Å². The Labute approximate surface area is 187 Å². The van der Waals surface area contributed by atoms with E-state index in [0.717, 1.165) is 6.07 Å². The van der Waals surface area contributed by atoms with Gasteiger partial charge < -0.3 is 15.4 Å². The SMILES string of the molecule is O=C(CN1C(=O)COc2ccc(NC(=O)c3c(F)cccc3Cl)cc21)Nc1ccccc1. The summed E-state index contributed by atoms with van der Waals surface area (Å²) in [5.41, 5.74) is 0.890. The second kappa shape index (κ2) is 9.07. The Morgan fingerprint density at radius 3 is 2.53 bits per heavy atom. The molecule has 32 heavy (non-hydrogen) atoms. The molecule has 3 aromatic rings. The Morgan fingerprint density at radius 1 is 1.00 bits per heavy atom. The monoisotopic (exact) mass is 453 g/mol. The Balaban J connectivity index is 1.55. The number of nitrogens with zero attached hydrogens (tertiary/aromatic N) is 1. The Bertz CT molecular complexity index is 1180. The number of fused-ring (bicyclic) bond motifs is 1. The van der Waals surface area contributed by atoms with Crippen LogP contribution in [0, 0.1) is 5.82 Å². The summed E-state index contributed by atoms with van der Waals surface area (Å²) >= 11 is 5.95. The van der Waals surface area contributed by atoms with E-state index >= 15 is 0 Å². The number of benzene rings is 3. The topological polar surface area (TPSA) is 87.7 Å². The molecule has 9 heteroatoms. The van der Waals surface area contributed by atoms with Crippen LogP contribution in [0.1, 0.15) is 10.4 Å². The van der Waals surface area contributed by atoms with Crippen LogP contribution in [-0.4, -0.2) is 30.9 Å². The molecule has 1 heterocycles. The maximum absolute atomic E-state index is 14.0. The molecule has 0 aromatic heterocycles. The molecule has 0 atom stereocenters. The molecule has 0 unspecified atom stereocenters. The van der Waals surface area contributed by atoms with E-state index in [0.29, 0.717) is 17.1 Å². The molecule has 3 amide bonds. The van der Waals surface area contributed by atoms with Crippen molar-refractivity contribution in [3.05, 3.63) is 83.1 Å². The van der Waals surface area contributed by atoms with Gasteiger partial charge in [-0.15, -0.1) is 0 Å². The highest BCUT2D eigenvalue weighted by molar-refractivity contribution is 6.34. The fourth-order valence-electron chi connectivity index (χ4n) is 3.23. The Kier molecular flexibility index (Phi) is 6.04. The number of hydrogen-bond donors (Lipinski definition) is 2. The van der Waals surface area contributed by atoms with Gasteiger partial charge in [0.15, 0.2) is 6.61 Å². The molecule has 0 saturated carbocycles. The molecule has 0 spiro atoms. The molecule has 1 aliphatic heterocycles. The number of carbonyl (C=O) groups excluding carboxylic acids is 3. The zero-order valence-electron chi connectivity index (χ0n) is 16.6. The van der Waals surface area contributed by atoms with Gasteiger partial charge in [-0.05, 0) is 42.5 Å². The third-order valence-corrected chi connectivity index (χ3v) is 5.02. The molecule has 0 bridgehead atoms. The molecule has 0 saturated heterocycles. The predicted octanol–water partition coefficient (Wildman–Crippen LogP) is 4.10. The zero-order chi connectivity index (χ0) is 22.7. The van der Waals surface area contributed by atoms with Crippen molar-refractivity contribution in [2.75, 3.05) is 28.7 Å². The number of ether oxygens (including phenoxy) is 1. The maximum Gasteiger partial charge on any atom is 0.265 e. The lowest BCUT2D eigenvalue weighted by molar-refractivity contribution is -0.123. The molecule has 0 fully saturated rings. The first-order valence-electron chi connectivity index (χ1n) is 9.60. The van der Waals surface area contributed by atoms with E-state index < -0.39 is 23.5 Å². The second-order valence-corrected chi connectivity index (χ2v) is 7.32. The molecule has 162 valence electrons. The summed E-state index contributed by atoms with van der Waals surface area (Å²) in [7, 11) is 0. The lowest BCUT2D eigenvalue weighted by Gasteiger charge is -2.29. The highest BCUT2D eigenvalue weighted by Crippen LogP contribution is 2.35. The van der Waals surface area contributed by atoms with Crippen LogP contribution in [0.5, 0.6) is 5.75 Å². The van der Waals surface area contributed by atoms with E-state index in [-0.39, 0.29) is 29.4 Å². The molecule has 2 N–H and O–H groups in total. The van der Waals surface area contributed by atoms with Crippen molar-refractivity contribution < 1.29 is 23.5 Å². The van der Waals surface area contributed by atoms with Gasteiger partial charge in [0.1, 0.15) is 18.1 Å². The minimum absolute atomic E-state index is 0.0295. The summed E-state index contributed by atoms with van der Waals surface area (Å²) in [6, 6.07) is 17.4. The van der Waals surface area contributed by atoms with Gasteiger partial charge in [0, 0.05) is 11.4 Å². The van der Waals surface area contributed by atoms with Crippen LogP contribution in [0.4, 0.5) is 21.5 Å². The average Bonchev–Trinajstić information content (AvgIpc) is 2.76. The highest BCUT2D eigenvalue weighted by Gasteiger charge is 2.28. The molecule has 0 radical (unpaired) electrons. The van der Waals surface area contributed by atoms with Gasteiger partial charge in [0.05, 0.1) is 16.3 Å². The summed E-state index contributed by atoms with van der Waals surface area (Å²) in [6.45, 7) is -0.469. The van der Waals surface area contributed by atoms with Crippen LogP contribution in [0.15, 0.2) is 66.7 Å². The van der Waals surface area contributed by atoms with Gasteiger partial charge in [-0.3, -0.25) is 19.3 Å². The molecule has 3 aromatic carbocycles. The number of hydrogen-bond acceptors (Lipinski definition) is 4. The van der Waals surface area contributed by atoms with E-state index in [1.165, 1.54) is 23.1 Å². The second-order valence-electron chi connectivity index (χ2n) is 6.92. The normalized spacial score (nSPS) is 12.6. The number of halogens is 2. The van der Waals surface area contributed by atoms with Crippen molar-refractivity contribution in [2.45, 2.75) is 0 Å². The minimum atomic E-state index is -0.759. The van der Waals surface area contributed by atoms with E-state index in [9.17, 15) is 18.8 Å². The fraction of sp³-hybridized carbons (Fsp3) is 0.0870. The molecule has 0 aliphatic carbocycles. The van der Waals surface area contributed by atoms with E-state index in [4.69, 9.17) is 16.3 Å². The van der Waals surface area contributed by atoms with Crippen LogP contribution in [0.3, 0.4) is 0 Å². The summed E-state index contributed by atoms with van der Waals surface area (Å²) in [4.78, 5) is 38.7. The predicted molar refractivity (Wildman–Crippen MR) is 119 cm³/mol. The van der Waals surface area contributed by atoms with Crippen molar-refractivity contribution >= 4 is 46.4 Å². The van der Waals surface area contributed by atoms with Crippen molar-refractivity contribution in [1.29, 1.82) is 0 Å². The van der Waals surface area contributed by atoms with Crippen LogP contribution in [-0.2, 0) is 9.59 Å². The van der Waals surface area contributed by atoms with Crippen LogP contribution in [0.2, 0.25) is 5.02 Å². The van der Waals surface area contributed by atoms with Crippen molar-refractivity contribution in [1.82, 2.24) is 0 Å². The largest absolute Gasteiger partial charge is 0.482 e.